The zero-order valence-electron chi connectivity index (χ0n) is 14.7. The summed E-state index contributed by atoms with van der Waals surface area (Å²) in [7, 11) is 1.66. The molecule has 0 aromatic heterocycles. The van der Waals surface area contributed by atoms with Crippen molar-refractivity contribution in [1.29, 1.82) is 0 Å². The molecule has 0 amide bonds. The van der Waals surface area contributed by atoms with E-state index in [0.29, 0.717) is 13.2 Å². The van der Waals surface area contributed by atoms with Crippen LogP contribution in [0.5, 0.6) is 17.2 Å². The summed E-state index contributed by atoms with van der Waals surface area (Å²) >= 11 is 0. The van der Waals surface area contributed by atoms with Crippen molar-refractivity contribution in [3.63, 3.8) is 0 Å². The van der Waals surface area contributed by atoms with E-state index in [1.807, 2.05) is 25.1 Å². The Morgan fingerprint density at radius 1 is 0.739 bits per heavy atom. The van der Waals surface area contributed by atoms with Crippen LogP contribution in [0.25, 0.3) is 0 Å². The van der Waals surface area contributed by atoms with Gasteiger partial charge in [-0.2, -0.15) is 0 Å². The van der Waals surface area contributed by atoms with Crippen LogP contribution in [0.3, 0.4) is 0 Å². The Bertz CT molecular complexity index is 662. The van der Waals surface area contributed by atoms with Crippen molar-refractivity contribution < 1.29 is 14.2 Å². The van der Waals surface area contributed by atoms with Crippen LogP contribution in [0.15, 0.2) is 30.3 Å². The number of rotatable bonds is 7. The standard InChI is InChI=1S/C20H26O3/c1-14-7-8-18(20(12-14)21-5)22-9-6-10-23-19-13-15(2)11-16(3)17(19)4/h7-8,11-13H,6,9-10H2,1-5H3. The van der Waals surface area contributed by atoms with Gasteiger partial charge >= 0.3 is 0 Å². The average Bonchev–Trinajstić information content (AvgIpc) is 2.52. The smallest absolute Gasteiger partial charge is 0.161 e. The lowest BCUT2D eigenvalue weighted by atomic mass is 10.1. The second-order valence-electron chi connectivity index (χ2n) is 5.91. The maximum Gasteiger partial charge on any atom is 0.161 e. The third-order valence-corrected chi connectivity index (χ3v) is 3.89. The lowest BCUT2D eigenvalue weighted by molar-refractivity contribution is 0.239. The quantitative estimate of drug-likeness (QED) is 0.689. The normalized spacial score (nSPS) is 10.5. The SMILES string of the molecule is COc1cc(C)ccc1OCCCOc1cc(C)cc(C)c1C. The van der Waals surface area contributed by atoms with Crippen LogP contribution in [-0.2, 0) is 0 Å². The molecule has 23 heavy (non-hydrogen) atoms. The molecule has 0 aliphatic carbocycles. The van der Waals surface area contributed by atoms with Crippen molar-refractivity contribution in [3.05, 3.63) is 52.6 Å². The van der Waals surface area contributed by atoms with Gasteiger partial charge in [-0.05, 0) is 68.1 Å². The second kappa shape index (κ2) is 7.91. The minimum Gasteiger partial charge on any atom is -0.493 e. The predicted molar refractivity (Wildman–Crippen MR) is 94.0 cm³/mol. The van der Waals surface area contributed by atoms with Crippen LogP contribution >= 0.6 is 0 Å². The first-order valence-corrected chi connectivity index (χ1v) is 7.99. The number of methoxy groups -OCH3 is 1. The molecule has 3 nitrogen and oxygen atoms in total. The Labute approximate surface area is 139 Å². The van der Waals surface area contributed by atoms with E-state index < -0.39 is 0 Å². The van der Waals surface area contributed by atoms with E-state index in [9.17, 15) is 0 Å². The van der Waals surface area contributed by atoms with E-state index in [0.717, 1.165) is 29.2 Å². The van der Waals surface area contributed by atoms with Crippen LogP contribution in [0.2, 0.25) is 0 Å². The van der Waals surface area contributed by atoms with Crippen molar-refractivity contribution in [2.45, 2.75) is 34.1 Å². The monoisotopic (exact) mass is 314 g/mol. The molecule has 0 radical (unpaired) electrons. The topological polar surface area (TPSA) is 27.7 Å². The molecular formula is C20H26O3. The van der Waals surface area contributed by atoms with Gasteiger partial charge in [0.1, 0.15) is 5.75 Å². The van der Waals surface area contributed by atoms with Gasteiger partial charge in [-0.15, -0.1) is 0 Å². The van der Waals surface area contributed by atoms with Gasteiger partial charge in [0.05, 0.1) is 20.3 Å². The molecule has 0 aliphatic rings. The summed E-state index contributed by atoms with van der Waals surface area (Å²) in [6, 6.07) is 10.2. The van der Waals surface area contributed by atoms with Crippen molar-refractivity contribution in [2.24, 2.45) is 0 Å². The Morgan fingerprint density at radius 2 is 1.39 bits per heavy atom. The van der Waals surface area contributed by atoms with Gasteiger partial charge in [-0.3, -0.25) is 0 Å². The molecule has 0 aliphatic heterocycles. The van der Waals surface area contributed by atoms with E-state index in [2.05, 4.69) is 32.9 Å². The lowest BCUT2D eigenvalue weighted by Gasteiger charge is -2.14. The largest absolute Gasteiger partial charge is 0.493 e. The van der Waals surface area contributed by atoms with Crippen LogP contribution in [0.1, 0.15) is 28.7 Å². The fraction of sp³-hybridized carbons (Fsp3) is 0.400. The minimum atomic E-state index is 0.600. The molecule has 124 valence electrons. The first kappa shape index (κ1) is 17.2. The second-order valence-corrected chi connectivity index (χ2v) is 5.91. The maximum atomic E-state index is 5.90. The van der Waals surface area contributed by atoms with E-state index in [1.54, 1.807) is 7.11 Å². The molecule has 0 bridgehead atoms. The highest BCUT2D eigenvalue weighted by molar-refractivity contribution is 5.43. The Hall–Kier alpha value is -2.16. The van der Waals surface area contributed by atoms with Gasteiger partial charge < -0.3 is 14.2 Å². The van der Waals surface area contributed by atoms with Crippen LogP contribution in [0, 0.1) is 27.7 Å². The number of benzene rings is 2. The van der Waals surface area contributed by atoms with Gasteiger partial charge in [0, 0.05) is 6.42 Å². The van der Waals surface area contributed by atoms with Gasteiger partial charge in [-0.25, -0.2) is 0 Å². The van der Waals surface area contributed by atoms with Crippen LogP contribution in [0.4, 0.5) is 0 Å². The lowest BCUT2D eigenvalue weighted by Crippen LogP contribution is -2.06. The summed E-state index contributed by atoms with van der Waals surface area (Å²) in [5.41, 5.74) is 4.85. The zero-order valence-corrected chi connectivity index (χ0v) is 14.7. The highest BCUT2D eigenvalue weighted by Gasteiger charge is 2.06. The van der Waals surface area contributed by atoms with Crippen molar-refractivity contribution >= 4 is 0 Å². The number of ether oxygens (including phenoxy) is 3. The zero-order chi connectivity index (χ0) is 16.8. The van der Waals surface area contributed by atoms with Gasteiger partial charge in [-0.1, -0.05) is 12.1 Å². The third kappa shape index (κ3) is 4.65. The molecule has 0 atom stereocenters. The molecule has 2 aromatic carbocycles. The molecule has 0 saturated heterocycles. The highest BCUT2D eigenvalue weighted by atomic mass is 16.5. The highest BCUT2D eigenvalue weighted by Crippen LogP contribution is 2.28. The van der Waals surface area contributed by atoms with E-state index >= 15 is 0 Å². The third-order valence-electron chi connectivity index (χ3n) is 3.89. The molecule has 0 unspecified atom stereocenters. The first-order valence-electron chi connectivity index (χ1n) is 7.99. The first-order chi connectivity index (χ1) is 11.0. The summed E-state index contributed by atoms with van der Waals surface area (Å²) in [6.45, 7) is 9.57. The van der Waals surface area contributed by atoms with Gasteiger partial charge in [0.15, 0.2) is 11.5 Å². The Balaban J connectivity index is 1.83. The average molecular weight is 314 g/mol. The Kier molecular flexibility index (Phi) is 5.91. The van der Waals surface area contributed by atoms with E-state index in [-0.39, 0.29) is 0 Å². The van der Waals surface area contributed by atoms with E-state index in [1.165, 1.54) is 16.7 Å². The number of aryl methyl sites for hydroxylation is 3. The molecule has 0 heterocycles. The molecule has 0 spiro atoms. The molecule has 2 rings (SSSR count). The fourth-order valence-electron chi connectivity index (χ4n) is 2.47. The van der Waals surface area contributed by atoms with Crippen LogP contribution < -0.4 is 14.2 Å². The van der Waals surface area contributed by atoms with Gasteiger partial charge in [0.2, 0.25) is 0 Å². The number of hydrogen-bond donors (Lipinski definition) is 0. The summed E-state index contributed by atoms with van der Waals surface area (Å²) in [5.74, 6) is 2.52. The van der Waals surface area contributed by atoms with Crippen molar-refractivity contribution in [3.8, 4) is 17.2 Å². The number of hydrogen-bond acceptors (Lipinski definition) is 3. The van der Waals surface area contributed by atoms with E-state index in [4.69, 9.17) is 14.2 Å². The van der Waals surface area contributed by atoms with Crippen LogP contribution in [-0.4, -0.2) is 20.3 Å². The molecule has 3 heteroatoms. The summed E-state index contributed by atoms with van der Waals surface area (Å²) in [5, 5.41) is 0. The molecule has 2 aromatic rings. The summed E-state index contributed by atoms with van der Waals surface area (Å²) in [6.07, 6.45) is 0.823. The molecule has 0 saturated carbocycles. The molecule has 0 fully saturated rings. The summed E-state index contributed by atoms with van der Waals surface area (Å²) in [4.78, 5) is 0. The molecule has 0 N–H and O–H groups in total. The predicted octanol–water partition coefficient (Wildman–Crippen LogP) is 4.78. The minimum absolute atomic E-state index is 0.600. The van der Waals surface area contributed by atoms with Gasteiger partial charge in [0.25, 0.3) is 0 Å². The summed E-state index contributed by atoms with van der Waals surface area (Å²) < 4.78 is 17.0. The molecular weight excluding hydrogens is 288 g/mol. The van der Waals surface area contributed by atoms with Crippen molar-refractivity contribution in [2.75, 3.05) is 20.3 Å². The Morgan fingerprint density at radius 3 is 2.09 bits per heavy atom. The maximum absolute atomic E-state index is 5.90. The van der Waals surface area contributed by atoms with Crippen molar-refractivity contribution in [1.82, 2.24) is 0 Å². The fourth-order valence-corrected chi connectivity index (χ4v) is 2.47.